The number of nitrogens with two attached hydrogens (primary N) is 1. The second kappa shape index (κ2) is 5.61. The summed E-state index contributed by atoms with van der Waals surface area (Å²) in [5.41, 5.74) is 6.42. The first-order chi connectivity index (χ1) is 8.24. The quantitative estimate of drug-likeness (QED) is 0.614. The van der Waals surface area contributed by atoms with Gasteiger partial charge in [-0.05, 0) is 30.9 Å². The van der Waals surface area contributed by atoms with Crippen LogP contribution >= 0.6 is 0 Å². The molecule has 92 valence electrons. The van der Waals surface area contributed by atoms with E-state index in [1.165, 1.54) is 31.5 Å². The summed E-state index contributed by atoms with van der Waals surface area (Å²) < 4.78 is 12.6. The van der Waals surface area contributed by atoms with Gasteiger partial charge in [0.05, 0.1) is 18.4 Å². The van der Waals surface area contributed by atoms with E-state index in [1.807, 2.05) is 0 Å². The molecule has 0 unspecified atom stereocenters. The zero-order valence-corrected chi connectivity index (χ0v) is 9.69. The minimum absolute atomic E-state index is 0.339. The Morgan fingerprint density at radius 3 is 2.94 bits per heavy atom. The molecule has 0 amide bonds. The first kappa shape index (κ1) is 11.8. The molecule has 1 heterocycles. The first-order valence-electron chi connectivity index (χ1n) is 5.88. The van der Waals surface area contributed by atoms with Crippen molar-refractivity contribution in [3.05, 3.63) is 29.8 Å². The van der Waals surface area contributed by atoms with Crippen molar-refractivity contribution in [2.75, 3.05) is 6.54 Å². The van der Waals surface area contributed by atoms with Crippen LogP contribution in [-0.2, 0) is 6.54 Å². The standard InChI is InChI=1S/C12H17FN4/c13-10-4-5-11(15-7-10)8-17-12(14)16-6-9-2-1-3-9/h4-5,7,9H,1-3,6,8H2,(H3,14,16,17). The average Bonchev–Trinajstić information content (AvgIpc) is 2.26. The maximum atomic E-state index is 12.6. The van der Waals surface area contributed by atoms with Gasteiger partial charge in [-0.15, -0.1) is 0 Å². The van der Waals surface area contributed by atoms with Gasteiger partial charge in [-0.25, -0.2) is 9.38 Å². The lowest BCUT2D eigenvalue weighted by molar-refractivity contribution is 0.315. The van der Waals surface area contributed by atoms with Crippen molar-refractivity contribution in [3.63, 3.8) is 0 Å². The molecule has 0 atom stereocenters. The lowest BCUT2D eigenvalue weighted by Gasteiger charge is -2.25. The molecule has 0 saturated heterocycles. The molecule has 3 N–H and O–H groups in total. The Morgan fingerprint density at radius 2 is 2.35 bits per heavy atom. The van der Waals surface area contributed by atoms with Crippen molar-refractivity contribution in [2.45, 2.75) is 25.8 Å². The highest BCUT2D eigenvalue weighted by Crippen LogP contribution is 2.24. The minimum atomic E-state index is -0.339. The van der Waals surface area contributed by atoms with Crippen LogP contribution in [0.25, 0.3) is 0 Å². The number of nitrogens with zero attached hydrogens (tertiary/aromatic N) is 2. The van der Waals surface area contributed by atoms with Crippen LogP contribution < -0.4 is 11.1 Å². The Labute approximate surface area is 100 Å². The van der Waals surface area contributed by atoms with Gasteiger partial charge >= 0.3 is 0 Å². The van der Waals surface area contributed by atoms with Crippen LogP contribution in [0.3, 0.4) is 0 Å². The van der Waals surface area contributed by atoms with E-state index in [1.54, 1.807) is 6.07 Å². The molecule has 1 fully saturated rings. The predicted octanol–water partition coefficient (Wildman–Crippen LogP) is 1.43. The molecule has 17 heavy (non-hydrogen) atoms. The highest BCUT2D eigenvalue weighted by Gasteiger charge is 2.16. The maximum Gasteiger partial charge on any atom is 0.188 e. The molecule has 1 saturated carbocycles. The fourth-order valence-electron chi connectivity index (χ4n) is 1.67. The number of pyridine rings is 1. The van der Waals surface area contributed by atoms with Crippen LogP contribution in [0, 0.1) is 11.7 Å². The summed E-state index contributed by atoms with van der Waals surface area (Å²) in [5, 5.41) is 3.09. The third kappa shape index (κ3) is 3.69. The molecule has 0 radical (unpaired) electrons. The molecule has 0 spiro atoms. The summed E-state index contributed by atoms with van der Waals surface area (Å²) in [6, 6.07) is 2.98. The second-order valence-electron chi connectivity index (χ2n) is 4.35. The Hall–Kier alpha value is -1.65. The van der Waals surface area contributed by atoms with Crippen molar-refractivity contribution in [2.24, 2.45) is 16.6 Å². The van der Waals surface area contributed by atoms with E-state index in [9.17, 15) is 4.39 Å². The van der Waals surface area contributed by atoms with Crippen LogP contribution in [0.1, 0.15) is 25.0 Å². The van der Waals surface area contributed by atoms with Gasteiger partial charge in [0.25, 0.3) is 0 Å². The Balaban J connectivity index is 1.76. The summed E-state index contributed by atoms with van der Waals surface area (Å²) in [6.07, 6.45) is 5.06. The molecule has 2 rings (SSSR count). The zero-order chi connectivity index (χ0) is 12.1. The molecule has 1 aromatic rings. The summed E-state index contributed by atoms with van der Waals surface area (Å²) in [7, 11) is 0. The molecular weight excluding hydrogens is 219 g/mol. The Kier molecular flexibility index (Phi) is 3.90. The summed E-state index contributed by atoms with van der Waals surface area (Å²) in [5.74, 6) is 0.838. The van der Waals surface area contributed by atoms with Gasteiger partial charge in [0, 0.05) is 6.54 Å². The van der Waals surface area contributed by atoms with Gasteiger partial charge in [0.15, 0.2) is 5.96 Å². The molecule has 0 bridgehead atoms. The number of hydrogen-bond acceptors (Lipinski definition) is 2. The topological polar surface area (TPSA) is 63.3 Å². The fraction of sp³-hybridized carbons (Fsp3) is 0.500. The molecular formula is C12H17FN4. The third-order valence-corrected chi connectivity index (χ3v) is 3.00. The average molecular weight is 236 g/mol. The molecule has 5 heteroatoms. The number of aromatic nitrogens is 1. The van der Waals surface area contributed by atoms with Crippen LogP contribution in [0.4, 0.5) is 4.39 Å². The van der Waals surface area contributed by atoms with Crippen molar-refractivity contribution in [3.8, 4) is 0 Å². The lowest BCUT2D eigenvalue weighted by Crippen LogP contribution is -2.37. The van der Waals surface area contributed by atoms with E-state index in [0.29, 0.717) is 18.2 Å². The number of nitrogens with one attached hydrogen (secondary N) is 1. The predicted molar refractivity (Wildman–Crippen MR) is 64.9 cm³/mol. The molecule has 1 aliphatic rings. The fourth-order valence-corrected chi connectivity index (χ4v) is 1.67. The molecule has 1 aliphatic carbocycles. The molecule has 0 aromatic carbocycles. The summed E-state index contributed by atoms with van der Waals surface area (Å²) in [6.45, 7) is 1.27. The normalized spacial score (nSPS) is 16.6. The number of rotatable bonds is 4. The first-order valence-corrected chi connectivity index (χ1v) is 5.88. The number of hydrogen-bond donors (Lipinski definition) is 2. The third-order valence-electron chi connectivity index (χ3n) is 3.00. The second-order valence-corrected chi connectivity index (χ2v) is 4.35. The van der Waals surface area contributed by atoms with Gasteiger partial charge in [-0.2, -0.15) is 0 Å². The van der Waals surface area contributed by atoms with E-state index in [-0.39, 0.29) is 5.82 Å². The van der Waals surface area contributed by atoms with Gasteiger partial charge in [0.2, 0.25) is 0 Å². The molecule has 1 aromatic heterocycles. The van der Waals surface area contributed by atoms with Crippen molar-refractivity contribution in [1.29, 1.82) is 0 Å². The Morgan fingerprint density at radius 1 is 1.53 bits per heavy atom. The Bertz CT molecular complexity index is 384. The number of aliphatic imine (C=N–C) groups is 1. The maximum absolute atomic E-state index is 12.6. The lowest BCUT2D eigenvalue weighted by atomic mass is 9.85. The van der Waals surface area contributed by atoms with Crippen molar-refractivity contribution >= 4 is 5.96 Å². The van der Waals surface area contributed by atoms with Gasteiger partial charge in [0.1, 0.15) is 5.82 Å². The smallest absolute Gasteiger partial charge is 0.188 e. The monoisotopic (exact) mass is 236 g/mol. The molecule has 0 aliphatic heterocycles. The highest BCUT2D eigenvalue weighted by molar-refractivity contribution is 5.77. The highest BCUT2D eigenvalue weighted by atomic mass is 19.1. The van der Waals surface area contributed by atoms with Crippen LogP contribution in [0.15, 0.2) is 23.3 Å². The van der Waals surface area contributed by atoms with Gasteiger partial charge in [-0.1, -0.05) is 6.42 Å². The SMILES string of the molecule is NC(=NCc1ccc(F)cn1)NCC1CCC1. The van der Waals surface area contributed by atoms with E-state index in [0.717, 1.165) is 12.5 Å². The van der Waals surface area contributed by atoms with Crippen LogP contribution in [0.2, 0.25) is 0 Å². The largest absolute Gasteiger partial charge is 0.370 e. The summed E-state index contributed by atoms with van der Waals surface area (Å²) in [4.78, 5) is 8.06. The van der Waals surface area contributed by atoms with Crippen molar-refractivity contribution < 1.29 is 4.39 Å². The van der Waals surface area contributed by atoms with E-state index >= 15 is 0 Å². The number of guanidine groups is 1. The van der Waals surface area contributed by atoms with Crippen molar-refractivity contribution in [1.82, 2.24) is 10.3 Å². The van der Waals surface area contributed by atoms with E-state index in [2.05, 4.69) is 15.3 Å². The van der Waals surface area contributed by atoms with Crippen LogP contribution in [0.5, 0.6) is 0 Å². The number of halogens is 1. The van der Waals surface area contributed by atoms with Crippen LogP contribution in [-0.4, -0.2) is 17.5 Å². The summed E-state index contributed by atoms with van der Waals surface area (Å²) >= 11 is 0. The van der Waals surface area contributed by atoms with E-state index in [4.69, 9.17) is 5.73 Å². The zero-order valence-electron chi connectivity index (χ0n) is 9.69. The van der Waals surface area contributed by atoms with E-state index < -0.39 is 0 Å². The van der Waals surface area contributed by atoms with Gasteiger partial charge in [-0.3, -0.25) is 4.98 Å². The minimum Gasteiger partial charge on any atom is -0.370 e. The van der Waals surface area contributed by atoms with Gasteiger partial charge < -0.3 is 11.1 Å². The molecule has 4 nitrogen and oxygen atoms in total.